The van der Waals surface area contributed by atoms with Gasteiger partial charge in [0.05, 0.1) is 11.5 Å². The normalized spacial score (nSPS) is 26.4. The van der Waals surface area contributed by atoms with Gasteiger partial charge < -0.3 is 4.90 Å². The topological polar surface area (TPSA) is 37.4 Å². The summed E-state index contributed by atoms with van der Waals surface area (Å²) in [6.45, 7) is 1.07. The van der Waals surface area contributed by atoms with Crippen molar-refractivity contribution in [2.24, 2.45) is 5.92 Å². The summed E-state index contributed by atoms with van der Waals surface area (Å²) in [5.74, 6) is 0.870. The Morgan fingerprint density at radius 2 is 2.21 bits per heavy atom. The van der Waals surface area contributed by atoms with Crippen LogP contribution in [0.4, 0.5) is 5.69 Å². The molecule has 1 aromatic carbocycles. The van der Waals surface area contributed by atoms with Crippen LogP contribution in [0, 0.1) is 5.92 Å². The molecule has 0 aliphatic carbocycles. The number of fused-ring (bicyclic) bond motifs is 1. The lowest BCUT2D eigenvalue weighted by atomic mass is 9.97. The Kier molecular flexibility index (Phi) is 3.38. The quantitative estimate of drug-likeness (QED) is 0.774. The minimum absolute atomic E-state index is 0.154. The Balaban J connectivity index is 1.83. The van der Waals surface area contributed by atoms with Gasteiger partial charge in [-0.1, -0.05) is 28.1 Å². The lowest BCUT2D eigenvalue weighted by molar-refractivity contribution is 0.579. The molecule has 0 saturated carbocycles. The van der Waals surface area contributed by atoms with Crippen molar-refractivity contribution >= 4 is 31.5 Å². The van der Waals surface area contributed by atoms with Crippen LogP contribution in [0.1, 0.15) is 22.4 Å². The van der Waals surface area contributed by atoms with E-state index in [-0.39, 0.29) is 10.7 Å². The lowest BCUT2D eigenvalue weighted by Crippen LogP contribution is -2.12. The highest BCUT2D eigenvalue weighted by atomic mass is 79.9. The predicted molar refractivity (Wildman–Crippen MR) is 81.8 cm³/mol. The van der Waals surface area contributed by atoms with Crippen LogP contribution in [0.25, 0.3) is 0 Å². The van der Waals surface area contributed by atoms with Crippen molar-refractivity contribution in [1.29, 1.82) is 0 Å². The number of likely N-dealkylation sites (N-methyl/N-ethyl adjacent to an activating group) is 1. The minimum atomic E-state index is -2.81. The standard InChI is InChI=1S/C14H18BrNO2S/c1-16-6-4-10-8-11(2-3-13(10)16)14(15)12-5-7-19(17,18)9-12/h2-3,8,12,14H,4-7,9H2,1H3. The van der Waals surface area contributed by atoms with Crippen LogP contribution in [0.3, 0.4) is 0 Å². The van der Waals surface area contributed by atoms with Crippen molar-refractivity contribution in [3.63, 3.8) is 0 Å². The molecule has 5 heteroatoms. The van der Waals surface area contributed by atoms with Crippen molar-refractivity contribution in [1.82, 2.24) is 0 Å². The number of benzene rings is 1. The predicted octanol–water partition coefficient (Wildman–Crippen LogP) is 2.55. The van der Waals surface area contributed by atoms with Crippen molar-refractivity contribution in [3.8, 4) is 0 Å². The molecule has 0 bridgehead atoms. The number of hydrogen-bond donors (Lipinski definition) is 0. The molecule has 2 aliphatic rings. The molecule has 2 aliphatic heterocycles. The van der Waals surface area contributed by atoms with Gasteiger partial charge in [-0.25, -0.2) is 8.42 Å². The zero-order valence-electron chi connectivity index (χ0n) is 11.0. The van der Waals surface area contributed by atoms with Gasteiger partial charge in [-0.15, -0.1) is 0 Å². The summed E-state index contributed by atoms with van der Waals surface area (Å²) in [4.78, 5) is 2.42. The van der Waals surface area contributed by atoms with E-state index in [2.05, 4.69) is 46.1 Å². The molecule has 0 radical (unpaired) electrons. The first-order valence-electron chi connectivity index (χ1n) is 6.65. The van der Waals surface area contributed by atoms with Crippen molar-refractivity contribution in [3.05, 3.63) is 29.3 Å². The second-order valence-corrected chi connectivity index (χ2v) is 8.84. The Hall–Kier alpha value is -0.550. The molecule has 0 aromatic heterocycles. The van der Waals surface area contributed by atoms with E-state index in [4.69, 9.17) is 0 Å². The number of nitrogens with zero attached hydrogens (tertiary/aromatic N) is 1. The van der Waals surface area contributed by atoms with Gasteiger partial charge in [-0.2, -0.15) is 0 Å². The van der Waals surface area contributed by atoms with Crippen LogP contribution in [0.2, 0.25) is 0 Å². The summed E-state index contributed by atoms with van der Waals surface area (Å²) in [5.41, 5.74) is 3.91. The minimum Gasteiger partial charge on any atom is -0.374 e. The van der Waals surface area contributed by atoms with Crippen molar-refractivity contribution in [2.45, 2.75) is 17.7 Å². The van der Waals surface area contributed by atoms with Crippen LogP contribution < -0.4 is 4.90 Å². The fourth-order valence-electron chi connectivity index (χ4n) is 3.08. The molecule has 19 heavy (non-hydrogen) atoms. The lowest BCUT2D eigenvalue weighted by Gasteiger charge is -2.18. The SMILES string of the molecule is CN1CCc2cc(C(Br)C3CCS(=O)(=O)C3)ccc21. The Labute approximate surface area is 123 Å². The third-order valence-corrected chi connectivity index (χ3v) is 7.30. The first-order chi connectivity index (χ1) is 8.96. The maximum Gasteiger partial charge on any atom is 0.150 e. The zero-order valence-corrected chi connectivity index (χ0v) is 13.4. The first-order valence-corrected chi connectivity index (χ1v) is 9.38. The summed E-state index contributed by atoms with van der Waals surface area (Å²) in [6, 6.07) is 6.53. The van der Waals surface area contributed by atoms with Gasteiger partial charge >= 0.3 is 0 Å². The molecular formula is C14H18BrNO2S. The average Bonchev–Trinajstić information content (AvgIpc) is 2.92. The smallest absolute Gasteiger partial charge is 0.150 e. The molecule has 3 rings (SSSR count). The molecule has 104 valence electrons. The second kappa shape index (κ2) is 4.77. The van der Waals surface area contributed by atoms with Crippen LogP contribution in [0.15, 0.2) is 18.2 Å². The molecule has 2 unspecified atom stereocenters. The average molecular weight is 344 g/mol. The molecule has 1 saturated heterocycles. The number of sulfone groups is 1. The molecule has 3 nitrogen and oxygen atoms in total. The summed E-state index contributed by atoms with van der Waals surface area (Å²) < 4.78 is 23.2. The summed E-state index contributed by atoms with van der Waals surface area (Å²) in [5, 5.41) is 0. The Morgan fingerprint density at radius 3 is 2.89 bits per heavy atom. The van der Waals surface area contributed by atoms with E-state index in [1.165, 1.54) is 16.8 Å². The monoisotopic (exact) mass is 343 g/mol. The van der Waals surface area contributed by atoms with Gasteiger partial charge in [0.2, 0.25) is 0 Å². The molecule has 2 atom stereocenters. The molecule has 0 N–H and O–H groups in total. The Morgan fingerprint density at radius 1 is 1.42 bits per heavy atom. The number of anilines is 1. The van der Waals surface area contributed by atoms with E-state index in [0.29, 0.717) is 11.5 Å². The highest BCUT2D eigenvalue weighted by Gasteiger charge is 2.33. The van der Waals surface area contributed by atoms with E-state index >= 15 is 0 Å². The number of rotatable bonds is 2. The van der Waals surface area contributed by atoms with Crippen LogP contribution in [-0.4, -0.2) is 33.5 Å². The number of halogens is 1. The van der Waals surface area contributed by atoms with Crippen LogP contribution in [0.5, 0.6) is 0 Å². The Bertz CT molecular complexity index is 599. The van der Waals surface area contributed by atoms with E-state index in [9.17, 15) is 8.42 Å². The fourth-order valence-corrected chi connectivity index (χ4v) is 5.91. The van der Waals surface area contributed by atoms with Gasteiger partial charge in [-0.05, 0) is 36.0 Å². The van der Waals surface area contributed by atoms with Gasteiger partial charge in [0.1, 0.15) is 0 Å². The van der Waals surface area contributed by atoms with E-state index in [1.54, 1.807) is 0 Å². The maximum absolute atomic E-state index is 11.6. The molecule has 1 fully saturated rings. The van der Waals surface area contributed by atoms with E-state index in [0.717, 1.165) is 19.4 Å². The largest absolute Gasteiger partial charge is 0.374 e. The number of hydrogen-bond acceptors (Lipinski definition) is 3. The molecule has 2 heterocycles. The zero-order chi connectivity index (χ0) is 13.6. The molecule has 0 spiro atoms. The number of alkyl halides is 1. The summed E-state index contributed by atoms with van der Waals surface area (Å²) in [7, 11) is -0.695. The highest BCUT2D eigenvalue weighted by Crippen LogP contribution is 2.40. The van der Waals surface area contributed by atoms with Gasteiger partial charge in [0, 0.05) is 24.1 Å². The highest BCUT2D eigenvalue weighted by molar-refractivity contribution is 9.09. The van der Waals surface area contributed by atoms with Gasteiger partial charge in [0.25, 0.3) is 0 Å². The second-order valence-electron chi connectivity index (χ2n) is 5.62. The first kappa shape index (κ1) is 13.4. The van der Waals surface area contributed by atoms with Crippen molar-refractivity contribution in [2.75, 3.05) is 30.0 Å². The summed E-state index contributed by atoms with van der Waals surface area (Å²) >= 11 is 3.71. The molecular weight excluding hydrogens is 326 g/mol. The van der Waals surface area contributed by atoms with Gasteiger partial charge in [0.15, 0.2) is 9.84 Å². The van der Waals surface area contributed by atoms with Crippen LogP contribution >= 0.6 is 15.9 Å². The van der Waals surface area contributed by atoms with Gasteiger partial charge in [-0.3, -0.25) is 0 Å². The third kappa shape index (κ3) is 2.55. The molecule has 0 amide bonds. The maximum atomic E-state index is 11.6. The fraction of sp³-hybridized carbons (Fsp3) is 0.571. The third-order valence-electron chi connectivity index (χ3n) is 4.23. The van der Waals surface area contributed by atoms with E-state index < -0.39 is 9.84 Å². The van der Waals surface area contributed by atoms with Crippen LogP contribution in [-0.2, 0) is 16.3 Å². The van der Waals surface area contributed by atoms with Crippen molar-refractivity contribution < 1.29 is 8.42 Å². The summed E-state index contributed by atoms with van der Waals surface area (Å²) in [6.07, 6.45) is 1.86. The molecule has 1 aromatic rings. The van der Waals surface area contributed by atoms with E-state index in [1.807, 2.05) is 0 Å².